The molecule has 1 aliphatic carbocycles. The van der Waals surface area contributed by atoms with Crippen molar-refractivity contribution in [1.29, 1.82) is 0 Å². The van der Waals surface area contributed by atoms with Crippen LogP contribution in [0.3, 0.4) is 0 Å². The van der Waals surface area contributed by atoms with Gasteiger partial charge in [-0.25, -0.2) is 0 Å². The number of aliphatic hydroxyl groups excluding tert-OH is 2. The summed E-state index contributed by atoms with van der Waals surface area (Å²) in [5.41, 5.74) is 0.899. The lowest BCUT2D eigenvalue weighted by atomic mass is 9.92. The molecule has 1 saturated carbocycles. The Morgan fingerprint density at radius 1 is 1.19 bits per heavy atom. The fraction of sp³-hybridized carbons (Fsp3) is 0.640. The van der Waals surface area contributed by atoms with Crippen LogP contribution in [0.4, 0.5) is 0 Å². The molecule has 0 heterocycles. The Balaban J connectivity index is 1.82. The third-order valence-electron chi connectivity index (χ3n) is 6.10. The molecule has 0 amide bonds. The van der Waals surface area contributed by atoms with Crippen molar-refractivity contribution >= 4 is 17.6 Å². The highest BCUT2D eigenvalue weighted by molar-refractivity contribution is 6.21. The molecule has 174 valence electrons. The van der Waals surface area contributed by atoms with Gasteiger partial charge in [0.2, 0.25) is 0 Å². The lowest BCUT2D eigenvalue weighted by Gasteiger charge is -2.23. The van der Waals surface area contributed by atoms with Crippen LogP contribution >= 0.6 is 11.6 Å². The predicted octanol–water partition coefficient (Wildman–Crippen LogP) is 5.48. The molecule has 0 saturated heterocycles. The average molecular weight is 453 g/mol. The average Bonchev–Trinajstić information content (AvgIpc) is 3.01. The van der Waals surface area contributed by atoms with E-state index in [1.54, 1.807) is 0 Å². The van der Waals surface area contributed by atoms with Crippen molar-refractivity contribution in [3.63, 3.8) is 0 Å². The second kappa shape index (κ2) is 13.8. The fourth-order valence-corrected chi connectivity index (χ4v) is 4.64. The first-order valence-corrected chi connectivity index (χ1v) is 12.0. The number of carbonyl (C=O) groups is 1. The summed E-state index contributed by atoms with van der Waals surface area (Å²) in [5, 5.41) is 29.3. The fourth-order valence-electron chi connectivity index (χ4n) is 4.17. The number of aliphatic carboxylic acids is 1. The molecule has 31 heavy (non-hydrogen) atoms. The van der Waals surface area contributed by atoms with E-state index in [0.717, 1.165) is 49.8 Å². The summed E-state index contributed by atoms with van der Waals surface area (Å²) in [6.07, 6.45) is 9.98. The summed E-state index contributed by atoms with van der Waals surface area (Å²) in [5.74, 6) is 0.0135. The zero-order valence-corrected chi connectivity index (χ0v) is 19.2. The second-order valence-electron chi connectivity index (χ2n) is 8.53. The Morgan fingerprint density at radius 3 is 2.61 bits per heavy atom. The molecule has 0 aliphatic heterocycles. The summed E-state index contributed by atoms with van der Waals surface area (Å²) in [7, 11) is 0. The van der Waals surface area contributed by atoms with Crippen molar-refractivity contribution in [3.05, 3.63) is 42.0 Å². The van der Waals surface area contributed by atoms with Gasteiger partial charge in [0.05, 0.1) is 18.8 Å². The van der Waals surface area contributed by atoms with Crippen molar-refractivity contribution in [2.24, 2.45) is 11.8 Å². The van der Waals surface area contributed by atoms with E-state index in [9.17, 15) is 15.0 Å². The molecule has 1 aromatic carbocycles. The van der Waals surface area contributed by atoms with Gasteiger partial charge in [-0.05, 0) is 55.7 Å². The summed E-state index contributed by atoms with van der Waals surface area (Å²) in [6, 6.07) is 7.54. The molecule has 1 aromatic rings. The molecule has 1 fully saturated rings. The molecule has 6 heteroatoms. The van der Waals surface area contributed by atoms with E-state index in [2.05, 4.69) is 6.92 Å². The minimum Gasteiger partial charge on any atom is -0.493 e. The van der Waals surface area contributed by atoms with E-state index < -0.39 is 18.2 Å². The summed E-state index contributed by atoms with van der Waals surface area (Å²) in [4.78, 5) is 10.6. The van der Waals surface area contributed by atoms with E-state index in [-0.39, 0.29) is 23.6 Å². The van der Waals surface area contributed by atoms with Crippen LogP contribution in [0.2, 0.25) is 0 Å². The molecular formula is C25H37ClO5. The number of alkyl halides is 1. The standard InChI is InChI=1S/C25H37ClO5/c1-2-3-6-10-23(27)18-12-14-19(15-13-18)31-17-21-20(22(26)16-24(21)28)9-7-4-5-8-11-25(29)30/h4,7,12-15,20-24,27-28H,2-3,5-6,8-11,16-17H2,1H3,(H,29,30)/t20-,21-,22-,23?,24-/m1/s1. The third kappa shape index (κ3) is 8.83. The zero-order valence-electron chi connectivity index (χ0n) is 18.5. The first-order chi connectivity index (χ1) is 14.9. The highest BCUT2D eigenvalue weighted by Crippen LogP contribution is 2.39. The van der Waals surface area contributed by atoms with Crippen molar-refractivity contribution in [1.82, 2.24) is 0 Å². The Morgan fingerprint density at radius 2 is 1.94 bits per heavy atom. The van der Waals surface area contributed by atoms with Crippen LogP contribution in [0, 0.1) is 11.8 Å². The maximum absolute atomic E-state index is 10.6. The van der Waals surface area contributed by atoms with Gasteiger partial charge in [-0.3, -0.25) is 4.79 Å². The number of hydrogen-bond donors (Lipinski definition) is 3. The van der Waals surface area contributed by atoms with Crippen LogP contribution in [0.1, 0.15) is 76.4 Å². The van der Waals surface area contributed by atoms with E-state index >= 15 is 0 Å². The van der Waals surface area contributed by atoms with Crippen LogP contribution in [0.5, 0.6) is 5.75 Å². The van der Waals surface area contributed by atoms with E-state index in [1.807, 2.05) is 36.4 Å². The van der Waals surface area contributed by atoms with Gasteiger partial charge in [0.25, 0.3) is 0 Å². The molecule has 1 unspecified atom stereocenters. The highest BCUT2D eigenvalue weighted by Gasteiger charge is 2.41. The van der Waals surface area contributed by atoms with Gasteiger partial charge >= 0.3 is 5.97 Å². The Kier molecular flexibility index (Phi) is 11.4. The number of halogens is 1. The smallest absolute Gasteiger partial charge is 0.303 e. The van der Waals surface area contributed by atoms with Crippen LogP contribution < -0.4 is 4.74 Å². The van der Waals surface area contributed by atoms with Gasteiger partial charge in [-0.1, -0.05) is 50.5 Å². The molecule has 1 aliphatic rings. The van der Waals surface area contributed by atoms with Gasteiger partial charge in [0.1, 0.15) is 5.75 Å². The molecule has 0 radical (unpaired) electrons. The Labute approximate surface area is 191 Å². The van der Waals surface area contributed by atoms with Crippen LogP contribution in [-0.2, 0) is 4.79 Å². The number of benzene rings is 1. The number of unbranched alkanes of at least 4 members (excludes halogenated alkanes) is 3. The second-order valence-corrected chi connectivity index (χ2v) is 9.09. The largest absolute Gasteiger partial charge is 0.493 e. The number of rotatable bonds is 14. The van der Waals surface area contributed by atoms with Gasteiger partial charge in [0.15, 0.2) is 0 Å². The Hall–Kier alpha value is -1.56. The van der Waals surface area contributed by atoms with Crippen molar-refractivity contribution in [2.75, 3.05) is 6.61 Å². The third-order valence-corrected chi connectivity index (χ3v) is 6.60. The lowest BCUT2D eigenvalue weighted by Crippen LogP contribution is -2.27. The lowest BCUT2D eigenvalue weighted by molar-refractivity contribution is -0.137. The van der Waals surface area contributed by atoms with E-state index in [0.29, 0.717) is 19.4 Å². The van der Waals surface area contributed by atoms with Crippen molar-refractivity contribution < 1.29 is 24.9 Å². The number of allylic oxidation sites excluding steroid dienone is 2. The molecule has 3 N–H and O–H groups in total. The van der Waals surface area contributed by atoms with Gasteiger partial charge in [0, 0.05) is 17.7 Å². The number of hydrogen-bond acceptors (Lipinski definition) is 4. The van der Waals surface area contributed by atoms with Gasteiger partial charge in [-0.15, -0.1) is 11.6 Å². The van der Waals surface area contributed by atoms with Gasteiger partial charge in [-0.2, -0.15) is 0 Å². The normalized spacial score (nSPS) is 24.5. The monoisotopic (exact) mass is 452 g/mol. The first kappa shape index (κ1) is 25.7. The zero-order chi connectivity index (χ0) is 22.6. The number of ether oxygens (including phenoxy) is 1. The molecule has 2 rings (SSSR count). The maximum atomic E-state index is 10.6. The van der Waals surface area contributed by atoms with Crippen molar-refractivity contribution in [2.45, 2.75) is 82.3 Å². The van der Waals surface area contributed by atoms with Crippen molar-refractivity contribution in [3.8, 4) is 5.75 Å². The van der Waals surface area contributed by atoms with Gasteiger partial charge < -0.3 is 20.1 Å². The first-order valence-electron chi connectivity index (χ1n) is 11.5. The van der Waals surface area contributed by atoms with E-state index in [1.165, 1.54) is 0 Å². The molecule has 5 atom stereocenters. The number of carboxylic acid groups (broad SMARTS) is 1. The topological polar surface area (TPSA) is 87.0 Å². The Bertz CT molecular complexity index is 675. The molecule has 0 aromatic heterocycles. The molecule has 5 nitrogen and oxygen atoms in total. The highest BCUT2D eigenvalue weighted by atomic mass is 35.5. The number of aliphatic hydroxyl groups is 2. The summed E-state index contributed by atoms with van der Waals surface area (Å²) >= 11 is 6.48. The van der Waals surface area contributed by atoms with E-state index in [4.69, 9.17) is 21.4 Å². The SMILES string of the molecule is CCCCCC(O)c1ccc(OC[C@@H]2[C@@H](CC=CCCCC(=O)O)[C@H](Cl)C[C@H]2O)cc1. The molecule has 0 bridgehead atoms. The minimum absolute atomic E-state index is 0.0505. The quantitative estimate of drug-likeness (QED) is 0.197. The number of carboxylic acids is 1. The van der Waals surface area contributed by atoms with Crippen LogP contribution in [0.25, 0.3) is 0 Å². The summed E-state index contributed by atoms with van der Waals surface area (Å²) in [6.45, 7) is 2.54. The van der Waals surface area contributed by atoms with Crippen LogP contribution in [0.15, 0.2) is 36.4 Å². The minimum atomic E-state index is -0.774. The molecular weight excluding hydrogens is 416 g/mol. The summed E-state index contributed by atoms with van der Waals surface area (Å²) < 4.78 is 5.95. The predicted molar refractivity (Wildman–Crippen MR) is 124 cm³/mol. The van der Waals surface area contributed by atoms with Crippen LogP contribution in [-0.4, -0.2) is 39.4 Å². The molecule has 0 spiro atoms. The maximum Gasteiger partial charge on any atom is 0.303 e.